The van der Waals surface area contributed by atoms with E-state index in [1.165, 1.54) is 11.1 Å². The number of aromatic nitrogens is 1. The molecule has 1 amide bonds. The van der Waals surface area contributed by atoms with Crippen molar-refractivity contribution in [1.82, 2.24) is 10.3 Å². The Balaban J connectivity index is 1.63. The normalized spacial score (nSPS) is 13.2. The van der Waals surface area contributed by atoms with Crippen LogP contribution in [-0.2, 0) is 6.54 Å². The summed E-state index contributed by atoms with van der Waals surface area (Å²) in [7, 11) is 3.21. The summed E-state index contributed by atoms with van der Waals surface area (Å²) in [5, 5.41) is 3.07. The third-order valence-electron chi connectivity index (χ3n) is 5.97. The summed E-state index contributed by atoms with van der Waals surface area (Å²) in [6.07, 6.45) is 4.12. The number of rotatable bonds is 7. The van der Waals surface area contributed by atoms with E-state index in [0.29, 0.717) is 23.6 Å². The molecule has 2 heterocycles. The van der Waals surface area contributed by atoms with Crippen LogP contribution < -0.4 is 19.7 Å². The van der Waals surface area contributed by atoms with Gasteiger partial charge in [0.25, 0.3) is 5.91 Å². The molecule has 0 spiro atoms. The molecule has 33 heavy (non-hydrogen) atoms. The van der Waals surface area contributed by atoms with E-state index in [4.69, 9.17) is 14.5 Å². The number of amides is 1. The molecule has 3 aromatic rings. The molecule has 1 fully saturated rings. The van der Waals surface area contributed by atoms with Gasteiger partial charge in [0.1, 0.15) is 5.82 Å². The van der Waals surface area contributed by atoms with Gasteiger partial charge in [-0.25, -0.2) is 4.98 Å². The number of methoxy groups -OCH3 is 2. The van der Waals surface area contributed by atoms with Gasteiger partial charge in [-0.15, -0.1) is 0 Å². The molecule has 172 valence electrons. The van der Waals surface area contributed by atoms with Crippen LogP contribution in [0.2, 0.25) is 0 Å². The van der Waals surface area contributed by atoms with E-state index in [9.17, 15) is 4.79 Å². The van der Waals surface area contributed by atoms with Crippen molar-refractivity contribution < 1.29 is 14.3 Å². The van der Waals surface area contributed by atoms with Crippen molar-refractivity contribution in [3.05, 3.63) is 70.9 Å². The molecule has 0 aliphatic carbocycles. The van der Waals surface area contributed by atoms with Crippen LogP contribution >= 0.6 is 0 Å². The SMILES string of the molecule is COc1ccc(CNC(=O)c2cc(-c3cc(C)cc(C)c3)cnc2N2CCCC2)cc1OC. The Kier molecular flexibility index (Phi) is 6.82. The zero-order chi connectivity index (χ0) is 23.4. The van der Waals surface area contributed by atoms with Gasteiger partial charge < -0.3 is 19.7 Å². The zero-order valence-electron chi connectivity index (χ0n) is 19.8. The van der Waals surface area contributed by atoms with Gasteiger partial charge in [0.15, 0.2) is 11.5 Å². The van der Waals surface area contributed by atoms with E-state index in [0.717, 1.165) is 48.4 Å². The Morgan fingerprint density at radius 1 is 0.939 bits per heavy atom. The molecule has 6 nitrogen and oxygen atoms in total. The smallest absolute Gasteiger partial charge is 0.255 e. The summed E-state index contributed by atoms with van der Waals surface area (Å²) >= 11 is 0. The fraction of sp³-hybridized carbons (Fsp3) is 0.333. The predicted octanol–water partition coefficient (Wildman–Crippen LogP) is 4.91. The Hall–Kier alpha value is -3.54. The molecule has 0 unspecified atom stereocenters. The van der Waals surface area contributed by atoms with Crippen molar-refractivity contribution in [3.63, 3.8) is 0 Å². The van der Waals surface area contributed by atoms with Gasteiger partial charge in [-0.1, -0.05) is 35.4 Å². The van der Waals surface area contributed by atoms with Crippen LogP contribution in [0.3, 0.4) is 0 Å². The van der Waals surface area contributed by atoms with Crippen LogP contribution in [0.25, 0.3) is 11.1 Å². The van der Waals surface area contributed by atoms with Crippen molar-refractivity contribution in [3.8, 4) is 22.6 Å². The zero-order valence-corrected chi connectivity index (χ0v) is 19.8. The second-order valence-corrected chi connectivity index (χ2v) is 8.54. The minimum absolute atomic E-state index is 0.134. The highest BCUT2D eigenvalue weighted by Crippen LogP contribution is 2.30. The van der Waals surface area contributed by atoms with E-state index >= 15 is 0 Å². The second kappa shape index (κ2) is 9.94. The first-order valence-corrected chi connectivity index (χ1v) is 11.3. The van der Waals surface area contributed by atoms with Crippen LogP contribution in [0.1, 0.15) is 39.9 Å². The Morgan fingerprint density at radius 3 is 2.30 bits per heavy atom. The molecule has 0 saturated carbocycles. The van der Waals surface area contributed by atoms with Crippen LogP contribution in [0, 0.1) is 13.8 Å². The molecule has 1 N–H and O–H groups in total. The predicted molar refractivity (Wildman–Crippen MR) is 131 cm³/mol. The number of carbonyl (C=O) groups is 1. The molecule has 1 aromatic heterocycles. The number of hydrogen-bond donors (Lipinski definition) is 1. The number of carbonyl (C=O) groups excluding carboxylic acids is 1. The van der Waals surface area contributed by atoms with Crippen LogP contribution in [-0.4, -0.2) is 38.2 Å². The van der Waals surface area contributed by atoms with Crippen molar-refractivity contribution in [2.45, 2.75) is 33.2 Å². The number of hydrogen-bond acceptors (Lipinski definition) is 5. The summed E-state index contributed by atoms with van der Waals surface area (Å²) in [5.74, 6) is 1.92. The highest BCUT2D eigenvalue weighted by molar-refractivity contribution is 6.00. The summed E-state index contributed by atoms with van der Waals surface area (Å²) in [6, 6.07) is 14.0. The van der Waals surface area contributed by atoms with E-state index in [1.807, 2.05) is 30.5 Å². The maximum atomic E-state index is 13.4. The lowest BCUT2D eigenvalue weighted by molar-refractivity contribution is 0.0951. The lowest BCUT2D eigenvalue weighted by Gasteiger charge is -2.20. The molecule has 1 aliphatic rings. The summed E-state index contributed by atoms with van der Waals surface area (Å²) in [4.78, 5) is 20.3. The monoisotopic (exact) mass is 445 g/mol. The average molecular weight is 446 g/mol. The standard InChI is InChI=1S/C27H31N3O3/c1-18-11-19(2)13-21(12-18)22-15-23(26(28-17-22)30-9-5-6-10-30)27(31)29-16-20-7-8-24(32-3)25(14-20)33-4/h7-8,11-15,17H,5-6,9-10,16H2,1-4H3,(H,29,31). The highest BCUT2D eigenvalue weighted by Gasteiger charge is 2.22. The van der Waals surface area contributed by atoms with Crippen LogP contribution in [0.15, 0.2) is 48.7 Å². The van der Waals surface area contributed by atoms with Gasteiger partial charge in [0.05, 0.1) is 19.8 Å². The van der Waals surface area contributed by atoms with E-state index in [-0.39, 0.29) is 5.91 Å². The first-order chi connectivity index (χ1) is 16.0. The lowest BCUT2D eigenvalue weighted by atomic mass is 10.0. The lowest BCUT2D eigenvalue weighted by Crippen LogP contribution is -2.28. The molecule has 4 rings (SSSR count). The van der Waals surface area contributed by atoms with Gasteiger partial charge in [0.2, 0.25) is 0 Å². The fourth-order valence-corrected chi connectivity index (χ4v) is 4.37. The van der Waals surface area contributed by atoms with Gasteiger partial charge >= 0.3 is 0 Å². The topological polar surface area (TPSA) is 63.7 Å². The summed E-state index contributed by atoms with van der Waals surface area (Å²) in [6.45, 7) is 6.39. The van der Waals surface area contributed by atoms with E-state index < -0.39 is 0 Å². The minimum Gasteiger partial charge on any atom is -0.493 e. The molecule has 6 heteroatoms. The number of benzene rings is 2. The molecule has 1 aliphatic heterocycles. The Bertz CT molecular complexity index is 1130. The van der Waals surface area contributed by atoms with Crippen molar-refractivity contribution in [2.75, 3.05) is 32.2 Å². The highest BCUT2D eigenvalue weighted by atomic mass is 16.5. The maximum absolute atomic E-state index is 13.4. The van der Waals surface area contributed by atoms with Crippen molar-refractivity contribution >= 4 is 11.7 Å². The number of nitrogens with zero attached hydrogens (tertiary/aromatic N) is 2. The van der Waals surface area contributed by atoms with Gasteiger partial charge in [-0.3, -0.25) is 4.79 Å². The van der Waals surface area contributed by atoms with E-state index in [2.05, 4.69) is 42.3 Å². The fourth-order valence-electron chi connectivity index (χ4n) is 4.37. The molecular weight excluding hydrogens is 414 g/mol. The average Bonchev–Trinajstić information content (AvgIpc) is 3.36. The van der Waals surface area contributed by atoms with E-state index in [1.54, 1.807) is 14.2 Å². The summed E-state index contributed by atoms with van der Waals surface area (Å²) in [5.41, 5.74) is 5.93. The first kappa shape index (κ1) is 22.6. The molecule has 0 atom stereocenters. The number of aryl methyl sites for hydroxylation is 2. The Morgan fingerprint density at radius 2 is 1.64 bits per heavy atom. The molecule has 0 radical (unpaired) electrons. The van der Waals surface area contributed by atoms with Crippen molar-refractivity contribution in [2.24, 2.45) is 0 Å². The maximum Gasteiger partial charge on any atom is 0.255 e. The quantitative estimate of drug-likeness (QED) is 0.560. The molecule has 0 bridgehead atoms. The van der Waals surface area contributed by atoms with Crippen LogP contribution in [0.5, 0.6) is 11.5 Å². The third-order valence-corrected chi connectivity index (χ3v) is 5.97. The van der Waals surface area contributed by atoms with Gasteiger partial charge in [0, 0.05) is 31.4 Å². The van der Waals surface area contributed by atoms with Crippen molar-refractivity contribution in [1.29, 1.82) is 0 Å². The number of nitrogens with one attached hydrogen (secondary N) is 1. The number of ether oxygens (including phenoxy) is 2. The number of anilines is 1. The molecule has 1 saturated heterocycles. The first-order valence-electron chi connectivity index (χ1n) is 11.3. The Labute approximate surface area is 195 Å². The third kappa shape index (κ3) is 5.11. The largest absolute Gasteiger partial charge is 0.493 e. The second-order valence-electron chi connectivity index (χ2n) is 8.54. The van der Waals surface area contributed by atoms with Gasteiger partial charge in [-0.2, -0.15) is 0 Å². The molecule has 2 aromatic carbocycles. The van der Waals surface area contributed by atoms with Gasteiger partial charge in [-0.05, 0) is 56.0 Å². The van der Waals surface area contributed by atoms with Crippen LogP contribution in [0.4, 0.5) is 5.82 Å². The summed E-state index contributed by atoms with van der Waals surface area (Å²) < 4.78 is 10.7. The minimum atomic E-state index is -0.134. The number of pyridine rings is 1. The molecular formula is C27H31N3O3.